The number of primary amides is 1. The van der Waals surface area contributed by atoms with Gasteiger partial charge in [-0.3, -0.25) is 4.79 Å². The lowest BCUT2D eigenvalue weighted by Crippen LogP contribution is -2.38. The lowest BCUT2D eigenvalue weighted by molar-refractivity contribution is -0.124. The first kappa shape index (κ1) is 9.02. The molecule has 0 aliphatic carbocycles. The summed E-state index contributed by atoms with van der Waals surface area (Å²) in [5, 5.41) is 0. The van der Waals surface area contributed by atoms with Gasteiger partial charge in [0.1, 0.15) is 5.75 Å². The van der Waals surface area contributed by atoms with Crippen LogP contribution < -0.4 is 16.2 Å². The zero-order valence-corrected chi connectivity index (χ0v) is 7.86. The van der Waals surface area contributed by atoms with E-state index in [1.54, 1.807) is 0 Å². The van der Waals surface area contributed by atoms with Crippen LogP contribution in [0, 0.1) is 6.92 Å². The number of carbonyl (C=O) groups is 1. The fraction of sp³-hybridized carbons (Fsp3) is 0.300. The van der Waals surface area contributed by atoms with Gasteiger partial charge in [-0.1, -0.05) is 12.1 Å². The number of hydrogen-bond donors (Lipinski definition) is 2. The number of fused-ring (bicyclic) bond motifs is 1. The maximum Gasteiger partial charge on any atom is 0.260 e. The maximum atomic E-state index is 11.0. The predicted octanol–water partition coefficient (Wildman–Crippen LogP) is 0.241. The van der Waals surface area contributed by atoms with E-state index in [-0.39, 0.29) is 0 Å². The lowest BCUT2D eigenvalue weighted by Gasteiger charge is -2.09. The summed E-state index contributed by atoms with van der Waals surface area (Å²) in [7, 11) is 0. The van der Waals surface area contributed by atoms with Gasteiger partial charge >= 0.3 is 0 Å². The lowest BCUT2D eigenvalue weighted by atomic mass is 10.0. The highest BCUT2D eigenvalue weighted by Crippen LogP contribution is 2.35. The number of amides is 1. The maximum absolute atomic E-state index is 11.0. The predicted molar refractivity (Wildman–Crippen MR) is 51.7 cm³/mol. The van der Waals surface area contributed by atoms with Crippen LogP contribution in [0.15, 0.2) is 18.2 Å². The van der Waals surface area contributed by atoms with Crippen molar-refractivity contribution >= 4 is 5.91 Å². The van der Waals surface area contributed by atoms with Crippen molar-refractivity contribution in [3.8, 4) is 5.75 Å². The molecule has 1 aliphatic rings. The third-order valence-electron chi connectivity index (χ3n) is 2.39. The highest BCUT2D eigenvalue weighted by molar-refractivity contribution is 5.81. The molecule has 4 nitrogen and oxygen atoms in total. The molecular weight excluding hydrogens is 180 g/mol. The van der Waals surface area contributed by atoms with Crippen molar-refractivity contribution in [1.29, 1.82) is 0 Å². The van der Waals surface area contributed by atoms with Crippen molar-refractivity contribution < 1.29 is 9.53 Å². The monoisotopic (exact) mass is 192 g/mol. The molecule has 14 heavy (non-hydrogen) atoms. The zero-order valence-electron chi connectivity index (χ0n) is 7.86. The summed E-state index contributed by atoms with van der Waals surface area (Å²) >= 11 is 0. The fourth-order valence-electron chi connectivity index (χ4n) is 1.63. The summed E-state index contributed by atoms with van der Waals surface area (Å²) < 4.78 is 5.36. The number of rotatable bonds is 1. The Morgan fingerprint density at radius 2 is 2.21 bits per heavy atom. The summed E-state index contributed by atoms with van der Waals surface area (Å²) in [6.07, 6.45) is -0.730. The fourth-order valence-corrected chi connectivity index (χ4v) is 1.63. The van der Waals surface area contributed by atoms with Crippen molar-refractivity contribution in [3.63, 3.8) is 0 Å². The van der Waals surface area contributed by atoms with E-state index in [1.165, 1.54) is 0 Å². The van der Waals surface area contributed by atoms with Gasteiger partial charge < -0.3 is 16.2 Å². The number of ether oxygens (including phenoxy) is 1. The van der Waals surface area contributed by atoms with Gasteiger partial charge in [-0.25, -0.2) is 0 Å². The Balaban J connectivity index is 2.40. The number of carbonyl (C=O) groups excluding carboxylic acids is 1. The molecule has 4 N–H and O–H groups in total. The molecule has 2 rings (SSSR count). The molecule has 2 atom stereocenters. The topological polar surface area (TPSA) is 78.3 Å². The van der Waals surface area contributed by atoms with Crippen LogP contribution in [-0.2, 0) is 4.79 Å². The molecule has 1 amide bonds. The van der Waals surface area contributed by atoms with Crippen LogP contribution in [0.25, 0.3) is 0 Å². The number of aryl methyl sites for hydroxylation is 1. The van der Waals surface area contributed by atoms with Crippen LogP contribution in [0.3, 0.4) is 0 Å². The van der Waals surface area contributed by atoms with Crippen molar-refractivity contribution in [1.82, 2.24) is 0 Å². The minimum absolute atomic E-state index is 0.442. The Hall–Kier alpha value is -1.55. The third-order valence-corrected chi connectivity index (χ3v) is 2.39. The minimum Gasteiger partial charge on any atom is -0.478 e. The molecule has 0 bridgehead atoms. The van der Waals surface area contributed by atoms with Crippen LogP contribution in [0.4, 0.5) is 0 Å². The highest BCUT2D eigenvalue weighted by atomic mass is 16.5. The standard InChI is InChI=1S/C10H12N2O2/c1-5-2-3-6-7(4-5)14-9(8(6)11)10(12)13/h2-4,8-9H,11H2,1H3,(H2,12,13). The first-order valence-corrected chi connectivity index (χ1v) is 4.41. The zero-order chi connectivity index (χ0) is 10.3. The van der Waals surface area contributed by atoms with Gasteiger partial charge in [0.05, 0.1) is 6.04 Å². The molecule has 1 aromatic carbocycles. The Bertz CT molecular complexity index is 390. The van der Waals surface area contributed by atoms with Gasteiger partial charge in [0.2, 0.25) is 0 Å². The number of hydrogen-bond acceptors (Lipinski definition) is 3. The molecule has 74 valence electrons. The van der Waals surface area contributed by atoms with E-state index in [9.17, 15) is 4.79 Å². The van der Waals surface area contributed by atoms with Crippen LogP contribution in [0.5, 0.6) is 5.75 Å². The van der Waals surface area contributed by atoms with Crippen molar-refractivity contribution in [2.24, 2.45) is 11.5 Å². The Morgan fingerprint density at radius 3 is 2.86 bits per heavy atom. The molecule has 4 heteroatoms. The molecule has 0 saturated carbocycles. The second kappa shape index (κ2) is 2.99. The van der Waals surface area contributed by atoms with Crippen LogP contribution in [-0.4, -0.2) is 12.0 Å². The first-order chi connectivity index (χ1) is 6.59. The van der Waals surface area contributed by atoms with Crippen LogP contribution in [0.1, 0.15) is 17.2 Å². The summed E-state index contributed by atoms with van der Waals surface area (Å²) in [4.78, 5) is 11.0. The average molecular weight is 192 g/mol. The van der Waals surface area contributed by atoms with E-state index in [1.807, 2.05) is 25.1 Å². The van der Waals surface area contributed by atoms with Gasteiger partial charge in [-0.2, -0.15) is 0 Å². The average Bonchev–Trinajstić information content (AvgIpc) is 2.43. The molecule has 1 aromatic rings. The quantitative estimate of drug-likeness (QED) is 0.669. The van der Waals surface area contributed by atoms with E-state index < -0.39 is 18.1 Å². The van der Waals surface area contributed by atoms with Gasteiger partial charge in [0.15, 0.2) is 6.10 Å². The normalized spacial score (nSPS) is 24.1. The molecule has 0 radical (unpaired) electrons. The third kappa shape index (κ3) is 1.24. The largest absolute Gasteiger partial charge is 0.478 e. The number of nitrogens with two attached hydrogens (primary N) is 2. The molecule has 0 saturated heterocycles. The van der Waals surface area contributed by atoms with Crippen molar-refractivity contribution in [2.45, 2.75) is 19.1 Å². The van der Waals surface area contributed by atoms with Gasteiger partial charge in [-0.05, 0) is 18.6 Å². The van der Waals surface area contributed by atoms with Crippen LogP contribution in [0.2, 0.25) is 0 Å². The van der Waals surface area contributed by atoms with Gasteiger partial charge in [0, 0.05) is 5.56 Å². The first-order valence-electron chi connectivity index (χ1n) is 4.41. The molecule has 2 unspecified atom stereocenters. The Morgan fingerprint density at radius 1 is 1.50 bits per heavy atom. The van der Waals surface area contributed by atoms with Crippen LogP contribution >= 0.6 is 0 Å². The van der Waals surface area contributed by atoms with E-state index >= 15 is 0 Å². The Kier molecular flexibility index (Phi) is 1.93. The molecular formula is C10H12N2O2. The molecule has 1 heterocycles. The smallest absolute Gasteiger partial charge is 0.260 e. The van der Waals surface area contributed by atoms with E-state index in [0.29, 0.717) is 5.75 Å². The highest BCUT2D eigenvalue weighted by Gasteiger charge is 2.35. The summed E-state index contributed by atoms with van der Waals surface area (Å²) in [6, 6.07) is 5.23. The Labute approximate surface area is 81.8 Å². The molecule has 0 fully saturated rings. The van der Waals surface area contributed by atoms with Crippen molar-refractivity contribution in [2.75, 3.05) is 0 Å². The van der Waals surface area contributed by atoms with E-state index in [4.69, 9.17) is 16.2 Å². The molecule has 1 aliphatic heterocycles. The second-order valence-corrected chi connectivity index (χ2v) is 3.51. The van der Waals surface area contributed by atoms with Gasteiger partial charge in [0.25, 0.3) is 5.91 Å². The SMILES string of the molecule is Cc1ccc2c(c1)OC(C(N)=O)C2N. The summed E-state index contributed by atoms with van der Waals surface area (Å²) in [5.41, 5.74) is 12.9. The summed E-state index contributed by atoms with van der Waals surface area (Å²) in [5.74, 6) is 0.146. The second-order valence-electron chi connectivity index (χ2n) is 3.51. The molecule has 0 spiro atoms. The minimum atomic E-state index is -0.730. The van der Waals surface area contributed by atoms with E-state index in [0.717, 1.165) is 11.1 Å². The van der Waals surface area contributed by atoms with E-state index in [2.05, 4.69) is 0 Å². The van der Waals surface area contributed by atoms with Gasteiger partial charge in [-0.15, -0.1) is 0 Å². The number of benzene rings is 1. The molecule has 0 aromatic heterocycles. The van der Waals surface area contributed by atoms with Crippen molar-refractivity contribution in [3.05, 3.63) is 29.3 Å². The summed E-state index contributed by atoms with van der Waals surface area (Å²) in [6.45, 7) is 1.95.